The lowest BCUT2D eigenvalue weighted by Gasteiger charge is -2.31. The number of aromatic nitrogens is 1. The van der Waals surface area contributed by atoms with Crippen molar-refractivity contribution in [3.05, 3.63) is 59.8 Å². The molecule has 1 aromatic carbocycles. The number of piperidine rings is 1. The number of hydrogen-bond acceptors (Lipinski definition) is 6. The van der Waals surface area contributed by atoms with Gasteiger partial charge in [0.05, 0.1) is 12.2 Å². The van der Waals surface area contributed by atoms with E-state index in [2.05, 4.69) is 39.3 Å². The van der Waals surface area contributed by atoms with Crippen LogP contribution in [-0.4, -0.2) is 46.8 Å². The quantitative estimate of drug-likeness (QED) is 0.340. The molecule has 1 aromatic heterocycles. The highest BCUT2D eigenvalue weighted by Gasteiger charge is 2.21. The lowest BCUT2D eigenvalue weighted by molar-refractivity contribution is 0.105. The second kappa shape index (κ2) is 10.6. The van der Waals surface area contributed by atoms with E-state index in [0.717, 1.165) is 38.7 Å². The molecule has 0 radical (unpaired) electrons. The summed E-state index contributed by atoms with van der Waals surface area (Å²) in [6.45, 7) is 3.59. The first-order valence-electron chi connectivity index (χ1n) is 8.82. The van der Waals surface area contributed by atoms with Crippen LogP contribution in [0.4, 0.5) is 0 Å². The Balaban J connectivity index is 0.00000261. The number of Topliss-reactive ketones (excluding diaryl/α,β-unsaturated/α-hetero) is 1. The number of pyridine rings is 1. The summed E-state index contributed by atoms with van der Waals surface area (Å²) in [5.41, 5.74) is 1.65. The molecule has 1 aliphatic rings. The molecule has 0 aliphatic carbocycles. The van der Waals surface area contributed by atoms with Crippen LogP contribution in [0.1, 0.15) is 28.8 Å². The van der Waals surface area contributed by atoms with Crippen molar-refractivity contribution in [2.24, 2.45) is 11.1 Å². The summed E-state index contributed by atoms with van der Waals surface area (Å²) < 4.78 is 5.80. The fourth-order valence-corrected chi connectivity index (χ4v) is 3.16. The van der Waals surface area contributed by atoms with Crippen LogP contribution in [0.3, 0.4) is 0 Å². The standard InChI is InChI=1S/C20H23N3O3.ClH/c24-19(13-22-25)18-7-4-10-21-20(18)26-15-17-8-11-23(12-9-17)14-16-5-2-1-3-6-16;/h1-7,10,13,17,25H,8-9,11-12,14-15H2;1H. The molecule has 27 heavy (non-hydrogen) atoms. The highest BCUT2D eigenvalue weighted by molar-refractivity contribution is 6.35. The molecule has 1 fully saturated rings. The van der Waals surface area contributed by atoms with Crippen LogP contribution in [0.25, 0.3) is 0 Å². The van der Waals surface area contributed by atoms with E-state index in [4.69, 9.17) is 9.94 Å². The third kappa shape index (κ3) is 6.05. The van der Waals surface area contributed by atoms with Crippen molar-refractivity contribution in [2.45, 2.75) is 19.4 Å². The minimum atomic E-state index is -0.423. The largest absolute Gasteiger partial charge is 0.477 e. The molecule has 7 heteroatoms. The molecule has 2 heterocycles. The molecule has 1 N–H and O–H groups in total. The summed E-state index contributed by atoms with van der Waals surface area (Å²) in [6, 6.07) is 13.8. The normalized spacial score (nSPS) is 15.4. The summed E-state index contributed by atoms with van der Waals surface area (Å²) >= 11 is 0. The molecule has 0 unspecified atom stereocenters. The van der Waals surface area contributed by atoms with Crippen LogP contribution in [-0.2, 0) is 6.54 Å². The van der Waals surface area contributed by atoms with E-state index in [0.29, 0.717) is 24.0 Å². The van der Waals surface area contributed by atoms with E-state index in [1.807, 2.05) is 6.07 Å². The summed E-state index contributed by atoms with van der Waals surface area (Å²) in [4.78, 5) is 18.5. The van der Waals surface area contributed by atoms with Crippen molar-refractivity contribution in [2.75, 3.05) is 19.7 Å². The molecule has 1 saturated heterocycles. The predicted octanol–water partition coefficient (Wildman–Crippen LogP) is 3.44. The highest BCUT2D eigenvalue weighted by Crippen LogP contribution is 2.21. The van der Waals surface area contributed by atoms with Crippen molar-refractivity contribution in [3.63, 3.8) is 0 Å². The fourth-order valence-electron chi connectivity index (χ4n) is 3.16. The molecule has 6 nitrogen and oxygen atoms in total. The Morgan fingerprint density at radius 1 is 1.22 bits per heavy atom. The van der Waals surface area contributed by atoms with Gasteiger partial charge in [0.25, 0.3) is 0 Å². The van der Waals surface area contributed by atoms with Crippen molar-refractivity contribution in [1.82, 2.24) is 9.88 Å². The fraction of sp³-hybridized carbons (Fsp3) is 0.350. The van der Waals surface area contributed by atoms with Crippen LogP contribution < -0.4 is 4.74 Å². The topological polar surface area (TPSA) is 75.0 Å². The Morgan fingerprint density at radius 2 is 1.96 bits per heavy atom. The zero-order chi connectivity index (χ0) is 18.2. The molecule has 144 valence electrons. The number of halogens is 1. The molecular formula is C20H24ClN3O3. The zero-order valence-electron chi connectivity index (χ0n) is 15.0. The van der Waals surface area contributed by atoms with Gasteiger partial charge in [-0.25, -0.2) is 4.98 Å². The number of rotatable bonds is 7. The number of ketones is 1. The van der Waals surface area contributed by atoms with Gasteiger partial charge in [0.1, 0.15) is 6.21 Å². The van der Waals surface area contributed by atoms with Gasteiger partial charge in [-0.15, -0.1) is 12.4 Å². The molecular weight excluding hydrogens is 366 g/mol. The number of carbonyl (C=O) groups is 1. The van der Waals surface area contributed by atoms with Crippen molar-refractivity contribution in [1.29, 1.82) is 0 Å². The summed E-state index contributed by atoms with van der Waals surface area (Å²) in [6.07, 6.45) is 4.55. The van der Waals surface area contributed by atoms with Crippen LogP contribution in [0.15, 0.2) is 53.8 Å². The van der Waals surface area contributed by atoms with Gasteiger partial charge in [-0.05, 0) is 49.5 Å². The van der Waals surface area contributed by atoms with Crippen molar-refractivity contribution >= 4 is 24.4 Å². The molecule has 2 aromatic rings. The molecule has 0 atom stereocenters. The van der Waals surface area contributed by atoms with Gasteiger partial charge in [-0.1, -0.05) is 35.5 Å². The molecule has 3 rings (SSSR count). The lowest BCUT2D eigenvalue weighted by Crippen LogP contribution is -2.35. The first-order chi connectivity index (χ1) is 12.8. The van der Waals surface area contributed by atoms with Gasteiger partial charge in [0.15, 0.2) is 0 Å². The molecule has 0 saturated carbocycles. The van der Waals surface area contributed by atoms with Gasteiger partial charge in [0, 0.05) is 12.7 Å². The van der Waals surface area contributed by atoms with Gasteiger partial charge in [-0.3, -0.25) is 9.69 Å². The Bertz CT molecular complexity index is 747. The monoisotopic (exact) mass is 389 g/mol. The van der Waals surface area contributed by atoms with Crippen LogP contribution in [0, 0.1) is 5.92 Å². The van der Waals surface area contributed by atoms with E-state index >= 15 is 0 Å². The van der Waals surface area contributed by atoms with Crippen LogP contribution in [0.5, 0.6) is 5.88 Å². The van der Waals surface area contributed by atoms with Crippen LogP contribution in [0.2, 0.25) is 0 Å². The maximum Gasteiger partial charge on any atom is 0.224 e. The van der Waals surface area contributed by atoms with Crippen molar-refractivity contribution in [3.8, 4) is 5.88 Å². The Hall–Kier alpha value is -2.44. The number of ether oxygens (including phenoxy) is 1. The number of benzene rings is 1. The van der Waals surface area contributed by atoms with Crippen LogP contribution >= 0.6 is 12.4 Å². The van der Waals surface area contributed by atoms with E-state index < -0.39 is 5.78 Å². The minimum Gasteiger partial charge on any atom is -0.477 e. The smallest absolute Gasteiger partial charge is 0.224 e. The Morgan fingerprint density at radius 3 is 2.67 bits per heavy atom. The SMILES string of the molecule is Cl.O=C(C=NO)c1cccnc1OCC1CCN(Cc2ccccc2)CC1. The van der Waals surface area contributed by atoms with E-state index in [1.54, 1.807) is 18.3 Å². The Kier molecular flexibility index (Phi) is 8.23. The van der Waals surface area contributed by atoms with Crippen molar-refractivity contribution < 1.29 is 14.7 Å². The molecule has 0 amide bonds. The average molecular weight is 390 g/mol. The first kappa shape index (κ1) is 20.9. The van der Waals surface area contributed by atoms with Gasteiger partial charge in [0.2, 0.25) is 11.7 Å². The van der Waals surface area contributed by atoms with Gasteiger partial charge < -0.3 is 9.94 Å². The second-order valence-corrected chi connectivity index (χ2v) is 6.48. The molecule has 1 aliphatic heterocycles. The average Bonchev–Trinajstić information content (AvgIpc) is 2.69. The molecule has 0 spiro atoms. The van der Waals surface area contributed by atoms with E-state index in [-0.39, 0.29) is 12.4 Å². The van der Waals surface area contributed by atoms with Gasteiger partial charge in [-0.2, -0.15) is 0 Å². The van der Waals surface area contributed by atoms with E-state index in [9.17, 15) is 4.79 Å². The zero-order valence-corrected chi connectivity index (χ0v) is 15.8. The highest BCUT2D eigenvalue weighted by atomic mass is 35.5. The van der Waals surface area contributed by atoms with Gasteiger partial charge >= 0.3 is 0 Å². The summed E-state index contributed by atoms with van der Waals surface area (Å²) in [5.74, 6) is 0.316. The Labute approximate surface area is 165 Å². The van der Waals surface area contributed by atoms with E-state index in [1.165, 1.54) is 5.56 Å². The number of nitrogens with zero attached hydrogens (tertiary/aromatic N) is 3. The predicted molar refractivity (Wildman–Crippen MR) is 106 cm³/mol. The number of carbonyl (C=O) groups excluding carboxylic acids is 1. The maximum absolute atomic E-state index is 11.9. The number of likely N-dealkylation sites (tertiary alicyclic amines) is 1. The molecule has 0 bridgehead atoms. The second-order valence-electron chi connectivity index (χ2n) is 6.48. The third-order valence-corrected chi connectivity index (χ3v) is 4.62. The number of oxime groups is 1. The summed E-state index contributed by atoms with van der Waals surface area (Å²) in [7, 11) is 0. The number of hydrogen-bond donors (Lipinski definition) is 1. The lowest BCUT2D eigenvalue weighted by atomic mass is 9.97. The minimum absolute atomic E-state index is 0. The maximum atomic E-state index is 11.9. The first-order valence-corrected chi connectivity index (χ1v) is 8.82. The summed E-state index contributed by atoms with van der Waals surface area (Å²) in [5, 5.41) is 11.3. The third-order valence-electron chi connectivity index (χ3n) is 4.62.